The number of likely N-dealkylation sites (N-methyl/N-ethyl adjacent to an activating group) is 1. The van der Waals surface area contributed by atoms with Crippen LogP contribution < -0.4 is 10.1 Å². The summed E-state index contributed by atoms with van der Waals surface area (Å²) in [6.45, 7) is 6.53. The Bertz CT molecular complexity index is 912. The first-order valence-corrected chi connectivity index (χ1v) is 12.7. The van der Waals surface area contributed by atoms with Crippen molar-refractivity contribution in [3.8, 4) is 5.75 Å². The van der Waals surface area contributed by atoms with Gasteiger partial charge in [0.15, 0.2) is 0 Å². The molecule has 1 aromatic heterocycles. The minimum absolute atomic E-state index is 0.162. The molecule has 33 heavy (non-hydrogen) atoms. The average molecular weight is 471 g/mol. The van der Waals surface area contributed by atoms with Crippen LogP contribution >= 0.6 is 11.3 Å². The highest BCUT2D eigenvalue weighted by Gasteiger charge is 2.22. The smallest absolute Gasteiger partial charge is 0.227 e. The van der Waals surface area contributed by atoms with Gasteiger partial charge in [-0.25, -0.2) is 0 Å². The fourth-order valence-electron chi connectivity index (χ4n) is 4.49. The Hall–Kier alpha value is -2.42. The number of benzene rings is 1. The molecule has 8 heteroatoms. The summed E-state index contributed by atoms with van der Waals surface area (Å²) >= 11 is 1.64. The zero-order valence-electron chi connectivity index (χ0n) is 19.4. The largest absolute Gasteiger partial charge is 0.492 e. The number of rotatable bonds is 10. The van der Waals surface area contributed by atoms with Gasteiger partial charge in [0.2, 0.25) is 11.8 Å². The van der Waals surface area contributed by atoms with Gasteiger partial charge in [0, 0.05) is 58.3 Å². The van der Waals surface area contributed by atoms with Crippen molar-refractivity contribution < 1.29 is 14.3 Å². The Morgan fingerprint density at radius 3 is 2.79 bits per heavy atom. The van der Waals surface area contributed by atoms with Crippen molar-refractivity contribution >= 4 is 23.2 Å². The third kappa shape index (κ3) is 7.28. The summed E-state index contributed by atoms with van der Waals surface area (Å²) in [6.07, 6.45) is 2.07. The minimum Gasteiger partial charge on any atom is -0.492 e. The predicted octanol–water partition coefficient (Wildman–Crippen LogP) is 2.22. The van der Waals surface area contributed by atoms with Crippen molar-refractivity contribution in [3.63, 3.8) is 0 Å². The average Bonchev–Trinajstić information content (AvgIpc) is 3.46. The molecule has 0 bridgehead atoms. The second kappa shape index (κ2) is 11.6. The molecular weight excluding hydrogens is 436 g/mol. The van der Waals surface area contributed by atoms with Crippen molar-refractivity contribution in [2.75, 3.05) is 52.9 Å². The van der Waals surface area contributed by atoms with Crippen molar-refractivity contribution in [2.45, 2.75) is 31.8 Å². The molecule has 0 radical (unpaired) electrons. The lowest BCUT2D eigenvalue weighted by Crippen LogP contribution is -2.49. The molecule has 4 rings (SSSR count). The van der Waals surface area contributed by atoms with Gasteiger partial charge >= 0.3 is 0 Å². The Morgan fingerprint density at radius 1 is 1.21 bits per heavy atom. The number of nitrogens with zero attached hydrogens (tertiary/aromatic N) is 3. The molecule has 2 aliphatic rings. The minimum atomic E-state index is 0.162. The molecule has 2 fully saturated rings. The van der Waals surface area contributed by atoms with Crippen LogP contribution in [0.15, 0.2) is 41.1 Å². The molecular formula is C25H34N4O3S. The van der Waals surface area contributed by atoms with Crippen LogP contribution in [-0.4, -0.2) is 85.5 Å². The van der Waals surface area contributed by atoms with Gasteiger partial charge in [-0.1, -0.05) is 12.1 Å². The van der Waals surface area contributed by atoms with Gasteiger partial charge in [0.05, 0.1) is 6.42 Å². The quantitative estimate of drug-likeness (QED) is 0.577. The molecule has 0 spiro atoms. The van der Waals surface area contributed by atoms with Crippen LogP contribution in [0.4, 0.5) is 0 Å². The lowest BCUT2D eigenvalue weighted by atomic mass is 10.1. The first-order valence-electron chi connectivity index (χ1n) is 11.8. The van der Waals surface area contributed by atoms with E-state index in [1.54, 1.807) is 11.3 Å². The van der Waals surface area contributed by atoms with Gasteiger partial charge < -0.3 is 19.9 Å². The lowest BCUT2D eigenvalue weighted by Gasteiger charge is -2.34. The van der Waals surface area contributed by atoms with Crippen molar-refractivity contribution in [3.05, 3.63) is 52.2 Å². The summed E-state index contributed by atoms with van der Waals surface area (Å²) in [4.78, 5) is 30.4. The van der Waals surface area contributed by atoms with Crippen LogP contribution in [0.5, 0.6) is 5.75 Å². The molecule has 1 N–H and O–H groups in total. The fourth-order valence-corrected chi connectivity index (χ4v) is 5.16. The van der Waals surface area contributed by atoms with Crippen LogP contribution in [0.25, 0.3) is 0 Å². The maximum atomic E-state index is 12.5. The summed E-state index contributed by atoms with van der Waals surface area (Å²) in [7, 11) is 2.09. The SMILES string of the molecule is CN(Cc1cccc(OCCN2CCN(C(=O)Cc3ccsc3)CC2)c1)C[C@@H]1CCC(=O)N1. The highest BCUT2D eigenvalue weighted by atomic mass is 32.1. The van der Waals surface area contributed by atoms with Gasteiger partial charge in [-0.3, -0.25) is 14.5 Å². The van der Waals surface area contributed by atoms with Crippen LogP contribution in [0.2, 0.25) is 0 Å². The summed E-state index contributed by atoms with van der Waals surface area (Å²) < 4.78 is 6.03. The van der Waals surface area contributed by atoms with E-state index in [1.165, 1.54) is 5.56 Å². The van der Waals surface area contributed by atoms with Gasteiger partial charge in [-0.15, -0.1) is 0 Å². The molecule has 1 aromatic carbocycles. The number of carbonyl (C=O) groups is 2. The number of carbonyl (C=O) groups excluding carboxylic acids is 2. The van der Waals surface area contributed by atoms with Crippen LogP contribution in [-0.2, 0) is 22.6 Å². The maximum Gasteiger partial charge on any atom is 0.227 e. The fraction of sp³-hybridized carbons (Fsp3) is 0.520. The number of amides is 2. The van der Waals surface area contributed by atoms with Gasteiger partial charge in [0.25, 0.3) is 0 Å². The van der Waals surface area contributed by atoms with Crippen molar-refractivity contribution in [1.29, 1.82) is 0 Å². The summed E-state index contributed by atoms with van der Waals surface area (Å²) in [5.41, 5.74) is 2.32. The van der Waals surface area contributed by atoms with E-state index in [0.717, 1.165) is 63.5 Å². The van der Waals surface area contributed by atoms with Crippen LogP contribution in [0.1, 0.15) is 24.0 Å². The Morgan fingerprint density at radius 2 is 2.06 bits per heavy atom. The van der Waals surface area contributed by atoms with E-state index in [1.807, 2.05) is 33.9 Å². The van der Waals surface area contributed by atoms with E-state index >= 15 is 0 Å². The maximum absolute atomic E-state index is 12.5. The molecule has 2 amide bonds. The van der Waals surface area contributed by atoms with Crippen molar-refractivity contribution in [1.82, 2.24) is 20.0 Å². The van der Waals surface area contributed by atoms with Crippen LogP contribution in [0.3, 0.4) is 0 Å². The number of piperazine rings is 1. The Kier molecular flexibility index (Phi) is 8.36. The topological polar surface area (TPSA) is 65.1 Å². The first-order chi connectivity index (χ1) is 16.0. The van der Waals surface area contributed by atoms with E-state index < -0.39 is 0 Å². The van der Waals surface area contributed by atoms with E-state index in [2.05, 4.69) is 34.3 Å². The number of ether oxygens (including phenoxy) is 1. The number of hydrogen-bond donors (Lipinski definition) is 1. The molecule has 0 saturated carbocycles. The van der Waals surface area contributed by atoms with Gasteiger partial charge in [0.1, 0.15) is 12.4 Å². The number of hydrogen-bond acceptors (Lipinski definition) is 6. The van der Waals surface area contributed by atoms with Gasteiger partial charge in [-0.05, 0) is 53.6 Å². The second-order valence-corrected chi connectivity index (χ2v) is 9.81. The number of nitrogens with one attached hydrogen (secondary N) is 1. The summed E-state index contributed by atoms with van der Waals surface area (Å²) in [6, 6.07) is 10.5. The molecule has 7 nitrogen and oxygen atoms in total. The molecule has 2 aliphatic heterocycles. The molecule has 0 aliphatic carbocycles. The van der Waals surface area contributed by atoms with E-state index in [4.69, 9.17) is 4.74 Å². The molecule has 2 saturated heterocycles. The molecule has 1 atom stereocenters. The van der Waals surface area contributed by atoms with E-state index in [0.29, 0.717) is 19.4 Å². The normalized spacial score (nSPS) is 19.2. The molecule has 2 aromatic rings. The standard InChI is InChI=1S/C25H34N4O3S/c1-27(18-22-5-6-24(30)26-22)17-20-3-2-4-23(15-20)32-13-12-28-8-10-29(11-9-28)25(31)16-21-7-14-33-19-21/h2-4,7,14-15,19,22H,5-6,8-13,16-18H2,1H3,(H,26,30)/t22-/m0/s1. The van der Waals surface area contributed by atoms with E-state index in [9.17, 15) is 9.59 Å². The van der Waals surface area contributed by atoms with Crippen LogP contribution in [0, 0.1) is 0 Å². The molecule has 0 unspecified atom stereocenters. The highest BCUT2D eigenvalue weighted by Crippen LogP contribution is 2.16. The summed E-state index contributed by atoms with van der Waals surface area (Å²) in [5.74, 6) is 1.27. The predicted molar refractivity (Wildman–Crippen MR) is 130 cm³/mol. The zero-order chi connectivity index (χ0) is 23.0. The Balaban J connectivity index is 1.14. The molecule has 3 heterocycles. The molecule has 178 valence electrons. The highest BCUT2D eigenvalue weighted by molar-refractivity contribution is 7.08. The monoisotopic (exact) mass is 470 g/mol. The van der Waals surface area contributed by atoms with E-state index in [-0.39, 0.29) is 17.9 Å². The number of thiophene rings is 1. The lowest BCUT2D eigenvalue weighted by molar-refractivity contribution is -0.132. The van der Waals surface area contributed by atoms with Gasteiger partial charge in [-0.2, -0.15) is 11.3 Å². The summed E-state index contributed by atoms with van der Waals surface area (Å²) in [5, 5.41) is 7.10. The third-order valence-corrected chi connectivity index (χ3v) is 7.04. The Labute approximate surface area is 200 Å². The second-order valence-electron chi connectivity index (χ2n) is 9.03. The zero-order valence-corrected chi connectivity index (χ0v) is 20.2. The first kappa shape index (κ1) is 23.7. The third-order valence-electron chi connectivity index (χ3n) is 6.30. The van der Waals surface area contributed by atoms with Crippen molar-refractivity contribution in [2.24, 2.45) is 0 Å².